The predicted molar refractivity (Wildman–Crippen MR) is 54.9 cm³/mol. The van der Waals surface area contributed by atoms with Gasteiger partial charge in [0.25, 0.3) is 0 Å². The fraction of sp³-hybridized carbons (Fsp3) is 0.778. The molecule has 0 radical (unpaired) electrons. The minimum atomic E-state index is 0.563. The summed E-state index contributed by atoms with van der Waals surface area (Å²) in [5, 5.41) is 0. The minimum Gasteiger partial charge on any atom is -0.296 e. The van der Waals surface area contributed by atoms with Crippen LogP contribution in [0.4, 0.5) is 0 Å². The van der Waals surface area contributed by atoms with Crippen molar-refractivity contribution in [3.63, 3.8) is 0 Å². The van der Waals surface area contributed by atoms with E-state index in [0.29, 0.717) is 6.04 Å². The number of hydrogen-bond acceptors (Lipinski definition) is 1. The van der Waals surface area contributed by atoms with Gasteiger partial charge in [-0.1, -0.05) is 24.1 Å². The second-order valence-electron chi connectivity index (χ2n) is 3.16. The summed E-state index contributed by atoms with van der Waals surface area (Å²) < 4.78 is 0. The molecule has 12 heavy (non-hydrogen) atoms. The van der Waals surface area contributed by atoms with Gasteiger partial charge in [-0.25, -0.2) is 0 Å². The zero-order chi connectivity index (χ0) is 8.81. The van der Waals surface area contributed by atoms with E-state index in [-0.39, 0.29) is 0 Å². The lowest BCUT2D eigenvalue weighted by Crippen LogP contribution is -2.40. The maximum Gasteiger partial charge on any atom is 0.0379 e. The Morgan fingerprint density at radius 2 is 2.25 bits per heavy atom. The average Bonchev–Trinajstić information content (AvgIpc) is 2.15. The number of likely N-dealkylation sites (tertiary alicyclic amines) is 1. The van der Waals surface area contributed by atoms with Crippen LogP contribution in [0.1, 0.15) is 19.3 Å². The molecule has 1 fully saturated rings. The first-order valence-electron chi connectivity index (χ1n) is 4.43. The largest absolute Gasteiger partial charge is 0.296 e. The molecule has 0 amide bonds. The van der Waals surface area contributed by atoms with E-state index >= 15 is 0 Å². The van der Waals surface area contributed by atoms with E-state index in [1.807, 2.05) is 6.08 Å². The molecule has 1 rings (SSSR count). The Labute approximate surface area is 84.3 Å². The number of halogens is 2. The highest BCUT2D eigenvalue weighted by Crippen LogP contribution is 2.17. The van der Waals surface area contributed by atoms with Gasteiger partial charge in [-0.2, -0.15) is 0 Å². The molecule has 1 heterocycles. The SMILES string of the molecule is Cl/C=C/CN1CCCCC1CCl. The molecule has 0 spiro atoms. The summed E-state index contributed by atoms with van der Waals surface area (Å²) in [6.45, 7) is 2.11. The highest BCUT2D eigenvalue weighted by atomic mass is 35.5. The quantitative estimate of drug-likeness (QED) is 0.644. The van der Waals surface area contributed by atoms with Crippen molar-refractivity contribution in [2.45, 2.75) is 25.3 Å². The van der Waals surface area contributed by atoms with Crippen LogP contribution in [-0.4, -0.2) is 29.9 Å². The standard InChI is InChI=1S/C9H15Cl2N/c10-5-3-7-12-6-2-1-4-9(12)8-11/h3,5,9H,1-2,4,6-8H2/b5-3+. The number of alkyl halides is 1. The molecule has 70 valence electrons. The van der Waals surface area contributed by atoms with Crippen molar-refractivity contribution < 1.29 is 0 Å². The van der Waals surface area contributed by atoms with Crippen molar-refractivity contribution in [3.8, 4) is 0 Å². The monoisotopic (exact) mass is 207 g/mol. The summed E-state index contributed by atoms with van der Waals surface area (Å²) in [5.41, 5.74) is 1.58. The van der Waals surface area contributed by atoms with E-state index in [0.717, 1.165) is 12.4 Å². The molecule has 0 aromatic rings. The summed E-state index contributed by atoms with van der Waals surface area (Å²) in [4.78, 5) is 2.40. The summed E-state index contributed by atoms with van der Waals surface area (Å²) in [7, 11) is 0. The Morgan fingerprint density at radius 1 is 1.42 bits per heavy atom. The number of piperidine rings is 1. The smallest absolute Gasteiger partial charge is 0.0379 e. The van der Waals surface area contributed by atoms with Crippen LogP contribution in [0.5, 0.6) is 0 Å². The van der Waals surface area contributed by atoms with Crippen LogP contribution in [0, 0.1) is 0 Å². The molecule has 1 saturated heterocycles. The number of nitrogens with zero attached hydrogens (tertiary/aromatic N) is 1. The van der Waals surface area contributed by atoms with E-state index in [1.54, 1.807) is 5.54 Å². The van der Waals surface area contributed by atoms with E-state index in [4.69, 9.17) is 23.2 Å². The molecule has 1 atom stereocenters. The summed E-state index contributed by atoms with van der Waals surface area (Å²) in [6, 6.07) is 0.563. The second-order valence-corrected chi connectivity index (χ2v) is 3.72. The van der Waals surface area contributed by atoms with Crippen LogP contribution in [-0.2, 0) is 0 Å². The molecule has 1 nitrogen and oxygen atoms in total. The minimum absolute atomic E-state index is 0.563. The van der Waals surface area contributed by atoms with Gasteiger partial charge in [-0.15, -0.1) is 11.6 Å². The fourth-order valence-electron chi connectivity index (χ4n) is 1.65. The van der Waals surface area contributed by atoms with E-state index in [9.17, 15) is 0 Å². The fourth-order valence-corrected chi connectivity index (χ4v) is 2.08. The first-order chi connectivity index (χ1) is 5.88. The Balaban J connectivity index is 2.36. The first kappa shape index (κ1) is 10.4. The second kappa shape index (κ2) is 5.85. The van der Waals surface area contributed by atoms with E-state index in [2.05, 4.69) is 4.90 Å². The maximum atomic E-state index is 5.86. The van der Waals surface area contributed by atoms with Crippen LogP contribution in [0.25, 0.3) is 0 Å². The van der Waals surface area contributed by atoms with Gasteiger partial charge in [0.1, 0.15) is 0 Å². The van der Waals surface area contributed by atoms with Crippen molar-refractivity contribution in [1.82, 2.24) is 4.90 Å². The predicted octanol–water partition coefficient (Wildman–Crippen LogP) is 2.83. The van der Waals surface area contributed by atoms with Crippen molar-refractivity contribution in [2.75, 3.05) is 19.0 Å². The van der Waals surface area contributed by atoms with Gasteiger partial charge in [0.05, 0.1) is 0 Å². The normalized spacial score (nSPS) is 26.7. The van der Waals surface area contributed by atoms with Gasteiger partial charge in [0, 0.05) is 24.0 Å². The molecule has 1 unspecified atom stereocenters. The molecule has 0 bridgehead atoms. The molecule has 0 aliphatic carbocycles. The molecular weight excluding hydrogens is 193 g/mol. The van der Waals surface area contributed by atoms with Crippen molar-refractivity contribution >= 4 is 23.2 Å². The molecule has 1 aliphatic rings. The highest BCUT2D eigenvalue weighted by Gasteiger charge is 2.19. The van der Waals surface area contributed by atoms with Crippen LogP contribution >= 0.6 is 23.2 Å². The van der Waals surface area contributed by atoms with Crippen molar-refractivity contribution in [3.05, 3.63) is 11.6 Å². The van der Waals surface area contributed by atoms with Gasteiger partial charge in [-0.3, -0.25) is 4.90 Å². The van der Waals surface area contributed by atoms with Crippen LogP contribution in [0.2, 0.25) is 0 Å². The lowest BCUT2D eigenvalue weighted by Gasteiger charge is -2.33. The highest BCUT2D eigenvalue weighted by molar-refractivity contribution is 6.25. The van der Waals surface area contributed by atoms with Gasteiger partial charge in [0.2, 0.25) is 0 Å². The van der Waals surface area contributed by atoms with Crippen molar-refractivity contribution in [1.29, 1.82) is 0 Å². The van der Waals surface area contributed by atoms with Crippen LogP contribution < -0.4 is 0 Å². The third-order valence-corrected chi connectivity index (χ3v) is 2.89. The molecule has 3 heteroatoms. The lowest BCUT2D eigenvalue weighted by molar-refractivity contribution is 0.181. The first-order valence-corrected chi connectivity index (χ1v) is 5.41. The summed E-state index contributed by atoms with van der Waals surface area (Å²) in [6.07, 6.45) is 5.83. The lowest BCUT2D eigenvalue weighted by atomic mass is 10.0. The van der Waals surface area contributed by atoms with Crippen LogP contribution in [0.15, 0.2) is 11.6 Å². The van der Waals surface area contributed by atoms with Crippen LogP contribution in [0.3, 0.4) is 0 Å². The van der Waals surface area contributed by atoms with Gasteiger partial charge in [-0.05, 0) is 19.4 Å². The third kappa shape index (κ3) is 2.96. The Kier molecular flexibility index (Phi) is 5.05. The average molecular weight is 208 g/mol. The van der Waals surface area contributed by atoms with Gasteiger partial charge >= 0.3 is 0 Å². The van der Waals surface area contributed by atoms with Gasteiger partial charge < -0.3 is 0 Å². The zero-order valence-electron chi connectivity index (χ0n) is 7.18. The molecule has 0 aromatic carbocycles. The molecule has 1 aliphatic heterocycles. The molecule has 0 saturated carbocycles. The van der Waals surface area contributed by atoms with Gasteiger partial charge in [0.15, 0.2) is 0 Å². The molecule has 0 aromatic heterocycles. The Morgan fingerprint density at radius 3 is 2.92 bits per heavy atom. The molecule has 0 N–H and O–H groups in total. The van der Waals surface area contributed by atoms with E-state index in [1.165, 1.54) is 25.8 Å². The summed E-state index contributed by atoms with van der Waals surface area (Å²) in [5.74, 6) is 0.746. The zero-order valence-corrected chi connectivity index (χ0v) is 8.69. The number of hydrogen-bond donors (Lipinski definition) is 0. The maximum absolute atomic E-state index is 5.86. The molecular formula is C9H15Cl2N. The topological polar surface area (TPSA) is 3.24 Å². The Hall–Kier alpha value is 0.280. The third-order valence-electron chi connectivity index (χ3n) is 2.36. The number of rotatable bonds is 3. The van der Waals surface area contributed by atoms with Crippen molar-refractivity contribution in [2.24, 2.45) is 0 Å². The van der Waals surface area contributed by atoms with E-state index < -0.39 is 0 Å². The summed E-state index contributed by atoms with van der Waals surface area (Å²) >= 11 is 11.3. The Bertz CT molecular complexity index is 147.